The first-order valence-electron chi connectivity index (χ1n) is 9.35. The zero-order chi connectivity index (χ0) is 20.5. The fourth-order valence-electron chi connectivity index (χ4n) is 4.34. The molecule has 1 unspecified atom stereocenters. The molecule has 2 aliphatic rings. The van der Waals surface area contributed by atoms with Crippen LogP contribution in [0.3, 0.4) is 0 Å². The number of hydrogen-bond acceptors (Lipinski definition) is 5. The first-order chi connectivity index (χ1) is 14.0. The van der Waals surface area contributed by atoms with Gasteiger partial charge in [0.1, 0.15) is 11.5 Å². The van der Waals surface area contributed by atoms with Crippen LogP contribution in [-0.2, 0) is 4.79 Å². The van der Waals surface area contributed by atoms with Gasteiger partial charge in [-0.25, -0.2) is 4.39 Å². The van der Waals surface area contributed by atoms with Crippen LogP contribution in [0.25, 0.3) is 22.0 Å². The molecule has 5 rings (SSSR count). The first-order valence-corrected chi connectivity index (χ1v) is 9.35. The number of H-pyrrole nitrogens is 1. The highest BCUT2D eigenvalue weighted by atomic mass is 19.1. The van der Waals surface area contributed by atoms with Crippen molar-refractivity contribution in [3.63, 3.8) is 0 Å². The smallest absolute Gasteiger partial charge is 0.290 e. The van der Waals surface area contributed by atoms with E-state index < -0.39 is 0 Å². The number of aromatic amines is 1. The molecule has 3 heterocycles. The number of Topliss-reactive ketones (excluding diaryl/α,β-unsaturated/α-hetero) is 1. The number of carbonyl (C=O) groups excluding carboxylic acids is 1. The largest absolute Gasteiger partial charge is 0.483 e. The van der Waals surface area contributed by atoms with Crippen LogP contribution in [-0.4, -0.2) is 64.2 Å². The number of likely N-dealkylation sites (N-methyl/N-ethyl adjacent to an activating group) is 1. The molecule has 8 heteroatoms. The summed E-state index contributed by atoms with van der Waals surface area (Å²) < 4.78 is 13.2. The second kappa shape index (κ2) is 7.73. The summed E-state index contributed by atoms with van der Waals surface area (Å²) in [4.78, 5) is 23.7. The quantitative estimate of drug-likeness (QED) is 0.464. The molecule has 0 spiro atoms. The van der Waals surface area contributed by atoms with Crippen molar-refractivity contribution in [1.29, 1.82) is 0 Å². The van der Waals surface area contributed by atoms with Crippen LogP contribution in [0.2, 0.25) is 0 Å². The molecule has 0 saturated carbocycles. The third kappa shape index (κ3) is 3.41. The topological polar surface area (TPSA) is 98.3 Å². The number of piperazine rings is 1. The third-order valence-electron chi connectivity index (χ3n) is 5.78. The Morgan fingerprint density at radius 3 is 2.59 bits per heavy atom. The van der Waals surface area contributed by atoms with Crippen LogP contribution in [0.15, 0.2) is 42.5 Å². The fraction of sp³-hybridized carbons (Fsp3) is 0.286. The fourth-order valence-corrected chi connectivity index (χ4v) is 4.34. The van der Waals surface area contributed by atoms with Gasteiger partial charge in [-0.3, -0.25) is 19.6 Å². The lowest BCUT2D eigenvalue weighted by atomic mass is 9.98. The summed E-state index contributed by atoms with van der Waals surface area (Å²) >= 11 is 0. The summed E-state index contributed by atoms with van der Waals surface area (Å²) in [7, 11) is 2.02. The SMILES string of the molecule is CN1C(C(=O)c2n[nH]c3ccc(-c4ccc(F)cc4)cc23)[C@H]2C[C@H]1CN2.O=CO. The molecule has 3 N–H and O–H groups in total. The van der Waals surface area contributed by atoms with Crippen molar-refractivity contribution in [2.75, 3.05) is 13.6 Å². The van der Waals surface area contributed by atoms with E-state index in [2.05, 4.69) is 20.4 Å². The van der Waals surface area contributed by atoms with Crippen molar-refractivity contribution >= 4 is 23.2 Å². The van der Waals surface area contributed by atoms with Crippen molar-refractivity contribution in [2.45, 2.75) is 24.5 Å². The van der Waals surface area contributed by atoms with E-state index in [0.717, 1.165) is 35.0 Å². The van der Waals surface area contributed by atoms with Crippen LogP contribution in [0.5, 0.6) is 0 Å². The summed E-state index contributed by atoms with van der Waals surface area (Å²) in [6.45, 7) is 0.695. The Morgan fingerprint density at radius 2 is 1.93 bits per heavy atom. The van der Waals surface area contributed by atoms with Crippen LogP contribution >= 0.6 is 0 Å². The van der Waals surface area contributed by atoms with Gasteiger partial charge in [0.15, 0.2) is 0 Å². The molecule has 29 heavy (non-hydrogen) atoms. The molecule has 2 saturated heterocycles. The van der Waals surface area contributed by atoms with Gasteiger partial charge in [-0.15, -0.1) is 0 Å². The molecule has 0 amide bonds. The lowest BCUT2D eigenvalue weighted by molar-refractivity contribution is -0.122. The standard InChI is InChI=1S/C20H19FN4O.CH2O2/c1-25-14-9-17(22-10-14)19(25)20(26)18-15-8-12(4-7-16(15)23-24-18)11-2-5-13(21)6-3-11;2-1-3/h2-8,14,17,19,22H,9-10H2,1H3,(H,23,24);1H,(H,2,3)/t14-,17+,19?;/m0./s1. The van der Waals surface area contributed by atoms with E-state index in [1.165, 1.54) is 12.1 Å². The lowest BCUT2D eigenvalue weighted by Gasteiger charge is -2.30. The number of carboxylic acid groups (broad SMARTS) is 1. The molecule has 150 valence electrons. The van der Waals surface area contributed by atoms with E-state index in [4.69, 9.17) is 9.90 Å². The predicted molar refractivity (Wildman–Crippen MR) is 106 cm³/mol. The van der Waals surface area contributed by atoms with Gasteiger partial charge in [0.05, 0.1) is 11.6 Å². The number of benzene rings is 2. The van der Waals surface area contributed by atoms with Crippen molar-refractivity contribution in [2.24, 2.45) is 0 Å². The summed E-state index contributed by atoms with van der Waals surface area (Å²) in [5.74, 6) is -0.212. The molecule has 3 atom stereocenters. The maximum Gasteiger partial charge on any atom is 0.290 e. The normalized spacial score (nSPS) is 23.0. The van der Waals surface area contributed by atoms with Crippen LogP contribution in [0.1, 0.15) is 16.9 Å². The van der Waals surface area contributed by atoms with Crippen molar-refractivity contribution in [1.82, 2.24) is 20.4 Å². The minimum Gasteiger partial charge on any atom is -0.483 e. The van der Waals surface area contributed by atoms with Crippen molar-refractivity contribution < 1.29 is 19.1 Å². The number of carbonyl (C=O) groups is 2. The molecule has 7 nitrogen and oxygen atoms in total. The molecule has 2 fully saturated rings. The number of fused-ring (bicyclic) bond motifs is 3. The van der Waals surface area contributed by atoms with Gasteiger partial charge in [-0.05, 0) is 48.9 Å². The Kier molecular flexibility index (Phi) is 5.12. The average molecular weight is 396 g/mol. The molecule has 0 radical (unpaired) electrons. The molecular weight excluding hydrogens is 375 g/mol. The van der Waals surface area contributed by atoms with Gasteiger partial charge < -0.3 is 10.4 Å². The molecule has 2 bridgehead atoms. The number of ketones is 1. The second-order valence-corrected chi connectivity index (χ2v) is 7.32. The molecule has 0 aliphatic carbocycles. The highest BCUT2D eigenvalue weighted by Crippen LogP contribution is 2.32. The molecular formula is C21H21FN4O3. The monoisotopic (exact) mass is 396 g/mol. The van der Waals surface area contributed by atoms with Gasteiger partial charge in [0.25, 0.3) is 6.47 Å². The highest BCUT2D eigenvalue weighted by Gasteiger charge is 2.48. The number of nitrogens with one attached hydrogen (secondary N) is 2. The van der Waals surface area contributed by atoms with Crippen LogP contribution < -0.4 is 5.32 Å². The average Bonchev–Trinajstić information content (AvgIpc) is 3.42. The van der Waals surface area contributed by atoms with E-state index >= 15 is 0 Å². The van der Waals surface area contributed by atoms with Gasteiger partial charge in [-0.1, -0.05) is 18.2 Å². The summed E-state index contributed by atoms with van der Waals surface area (Å²) in [5, 5.41) is 18.4. The zero-order valence-corrected chi connectivity index (χ0v) is 15.8. The number of aromatic nitrogens is 2. The van der Waals surface area contributed by atoms with Crippen LogP contribution in [0, 0.1) is 5.82 Å². The Hall–Kier alpha value is -3.10. The van der Waals surface area contributed by atoms with E-state index in [9.17, 15) is 9.18 Å². The van der Waals surface area contributed by atoms with E-state index in [-0.39, 0.29) is 30.2 Å². The van der Waals surface area contributed by atoms with Gasteiger partial charge in [0, 0.05) is 24.0 Å². The second-order valence-electron chi connectivity index (χ2n) is 7.32. The number of hydrogen-bond donors (Lipinski definition) is 3. The maximum atomic E-state index is 13.2. The van der Waals surface area contributed by atoms with Gasteiger partial charge in [-0.2, -0.15) is 5.10 Å². The third-order valence-corrected chi connectivity index (χ3v) is 5.78. The summed E-state index contributed by atoms with van der Waals surface area (Å²) in [6, 6.07) is 12.6. The summed E-state index contributed by atoms with van der Waals surface area (Å²) in [5.41, 5.74) is 3.16. The minimum atomic E-state index is -0.263. The molecule has 2 aliphatic heterocycles. The van der Waals surface area contributed by atoms with Crippen molar-refractivity contribution in [3.05, 3.63) is 54.0 Å². The number of rotatable bonds is 3. The molecule has 1 aromatic heterocycles. The Balaban J connectivity index is 0.000000645. The number of halogens is 1. The molecule has 2 aromatic carbocycles. The Labute approximate surface area is 166 Å². The zero-order valence-electron chi connectivity index (χ0n) is 15.8. The number of nitrogens with zero attached hydrogens (tertiary/aromatic N) is 2. The molecule has 3 aromatic rings. The highest BCUT2D eigenvalue weighted by molar-refractivity contribution is 6.09. The van der Waals surface area contributed by atoms with E-state index in [1.54, 1.807) is 12.1 Å². The summed E-state index contributed by atoms with van der Waals surface area (Å²) in [6.07, 6.45) is 1.01. The van der Waals surface area contributed by atoms with Crippen molar-refractivity contribution in [3.8, 4) is 11.1 Å². The van der Waals surface area contributed by atoms with Crippen LogP contribution in [0.4, 0.5) is 4.39 Å². The Morgan fingerprint density at radius 1 is 1.24 bits per heavy atom. The lowest BCUT2D eigenvalue weighted by Crippen LogP contribution is -2.53. The first kappa shape index (κ1) is 19.2. The minimum absolute atomic E-state index is 0.0507. The van der Waals surface area contributed by atoms with Gasteiger partial charge >= 0.3 is 0 Å². The predicted octanol–water partition coefficient (Wildman–Crippen LogP) is 2.30. The number of likely N-dealkylation sites (tertiary alicyclic amines) is 1. The van der Waals surface area contributed by atoms with E-state index in [1.807, 2.05) is 25.2 Å². The van der Waals surface area contributed by atoms with Gasteiger partial charge in [0.2, 0.25) is 5.78 Å². The Bertz CT molecular complexity index is 1050. The maximum absolute atomic E-state index is 13.2. The van der Waals surface area contributed by atoms with E-state index in [0.29, 0.717) is 11.7 Å².